The summed E-state index contributed by atoms with van der Waals surface area (Å²) in [5.41, 5.74) is -4.37. The highest BCUT2D eigenvalue weighted by Gasteiger charge is 2.59. The van der Waals surface area contributed by atoms with Gasteiger partial charge in [0.05, 0.1) is 12.8 Å². The molecule has 1 aliphatic rings. The van der Waals surface area contributed by atoms with Gasteiger partial charge in [0.25, 0.3) is 0 Å². The first kappa shape index (κ1) is 27.5. The van der Waals surface area contributed by atoms with Crippen molar-refractivity contribution in [2.24, 2.45) is 0 Å². The summed E-state index contributed by atoms with van der Waals surface area (Å²) >= 11 is 4.48. The highest BCUT2D eigenvalue weighted by molar-refractivity contribution is 7.71. The van der Waals surface area contributed by atoms with Gasteiger partial charge >= 0.3 is 29.2 Å². The smallest absolute Gasteiger partial charge is 0.379 e. The molecular weight excluding hydrogens is 538 g/mol. The van der Waals surface area contributed by atoms with Crippen molar-refractivity contribution in [3.8, 4) is 0 Å². The maximum absolute atomic E-state index is 14.6. The summed E-state index contributed by atoms with van der Waals surface area (Å²) < 4.78 is 90.9. The van der Waals surface area contributed by atoms with Gasteiger partial charge in [-0.25, -0.2) is 31.7 Å². The number of H-pyrrole nitrogens is 1. The molecule has 1 fully saturated rings. The lowest BCUT2D eigenvalue weighted by Gasteiger charge is -2.27. The molecule has 0 aromatic carbocycles. The van der Waals surface area contributed by atoms with Gasteiger partial charge in [0, 0.05) is 0 Å². The van der Waals surface area contributed by atoms with Gasteiger partial charge in [-0.3, -0.25) is 14.1 Å². The number of hydrogen-bond donors (Lipinski definition) is 6. The van der Waals surface area contributed by atoms with Crippen molar-refractivity contribution in [2.75, 3.05) is 13.3 Å². The molecule has 0 aliphatic carbocycles. The van der Waals surface area contributed by atoms with E-state index in [0.717, 1.165) is 0 Å². The number of rotatable bonds is 9. The van der Waals surface area contributed by atoms with Gasteiger partial charge in [0.2, 0.25) is 0 Å². The van der Waals surface area contributed by atoms with Crippen LogP contribution in [0.5, 0.6) is 0 Å². The Hall–Kier alpha value is -0.780. The average Bonchev–Trinajstić information content (AvgIpc) is 2.85. The van der Waals surface area contributed by atoms with E-state index in [1.807, 2.05) is 4.98 Å². The molecule has 0 amide bonds. The molecule has 6 N–H and O–H groups in total. The number of aliphatic hydroxyl groups is 1. The lowest BCUT2D eigenvalue weighted by atomic mass is 9.97. The Bertz CT molecular complexity index is 1130. The van der Waals surface area contributed by atoms with Crippen molar-refractivity contribution in [3.63, 3.8) is 0 Å². The Balaban J connectivity index is 2.22. The summed E-state index contributed by atoms with van der Waals surface area (Å²) in [5.74, 6) is -1.23. The van der Waals surface area contributed by atoms with E-state index in [2.05, 4.69) is 25.4 Å². The number of hydrogen-bond acceptors (Lipinski definition) is 10. The van der Waals surface area contributed by atoms with Crippen LogP contribution < -0.4 is 5.69 Å². The van der Waals surface area contributed by atoms with Crippen molar-refractivity contribution in [2.45, 2.75) is 24.1 Å². The van der Waals surface area contributed by atoms with Crippen LogP contribution in [-0.2, 0) is 31.6 Å². The average molecular weight is 552 g/mol. The number of nitrogens with one attached hydrogen (secondary N) is 1. The summed E-state index contributed by atoms with van der Waals surface area (Å²) in [6.07, 6.45) is -6.76. The molecule has 2 rings (SSSR count). The van der Waals surface area contributed by atoms with Crippen LogP contribution in [0.3, 0.4) is 0 Å². The zero-order valence-electron chi connectivity index (χ0n) is 15.1. The molecule has 184 valence electrons. The first-order valence-corrected chi connectivity index (χ1v) is 12.7. The molecule has 1 aromatic rings. The molecule has 0 saturated carbocycles. The van der Waals surface area contributed by atoms with Crippen LogP contribution in [0.4, 0.5) is 13.2 Å². The van der Waals surface area contributed by atoms with Crippen molar-refractivity contribution < 1.29 is 69.4 Å². The largest absolute Gasteiger partial charge is 0.490 e. The molecule has 0 radical (unpaired) electrons. The number of nitrogens with zero attached hydrogens (tertiary/aromatic N) is 1. The van der Waals surface area contributed by atoms with E-state index in [9.17, 15) is 41.7 Å². The highest BCUT2D eigenvalue weighted by atomic mass is 32.1. The van der Waals surface area contributed by atoms with Crippen molar-refractivity contribution in [1.82, 2.24) is 9.55 Å². The summed E-state index contributed by atoms with van der Waals surface area (Å²) in [4.78, 5) is 49.1. The fourth-order valence-electron chi connectivity index (χ4n) is 2.49. The third kappa shape index (κ3) is 6.42. The third-order valence-corrected chi connectivity index (χ3v) is 7.84. The topological polar surface area (TPSA) is 227 Å². The van der Waals surface area contributed by atoms with Gasteiger partial charge in [-0.1, -0.05) is 12.2 Å². The highest BCUT2D eigenvalue weighted by Crippen LogP contribution is 2.66. The summed E-state index contributed by atoms with van der Waals surface area (Å²) in [6, 6.07) is 0. The number of halogens is 3. The molecule has 2 heterocycles. The molecule has 15 nitrogen and oxygen atoms in total. The van der Waals surface area contributed by atoms with Gasteiger partial charge < -0.3 is 29.4 Å². The van der Waals surface area contributed by atoms with Crippen LogP contribution in [0.15, 0.2) is 11.0 Å². The minimum Gasteiger partial charge on any atom is -0.379 e. The Morgan fingerprint density at radius 1 is 1.22 bits per heavy atom. The van der Waals surface area contributed by atoms with Gasteiger partial charge in [-0.2, -0.15) is 8.62 Å². The van der Waals surface area contributed by atoms with Crippen molar-refractivity contribution >= 4 is 35.7 Å². The predicted molar refractivity (Wildman–Crippen MR) is 95.4 cm³/mol. The van der Waals surface area contributed by atoms with E-state index in [1.54, 1.807) is 0 Å². The molecule has 0 spiro atoms. The zero-order valence-corrected chi connectivity index (χ0v) is 18.6. The molecule has 0 bridgehead atoms. The maximum atomic E-state index is 14.6. The third-order valence-electron chi connectivity index (χ3n) is 3.74. The van der Waals surface area contributed by atoms with Crippen LogP contribution in [0.25, 0.3) is 0 Å². The van der Waals surface area contributed by atoms with E-state index in [4.69, 9.17) is 19.4 Å². The zero-order chi connectivity index (χ0) is 24.7. The fraction of sp³-hybridized carbons (Fsp3) is 0.600. The van der Waals surface area contributed by atoms with E-state index in [1.165, 1.54) is 0 Å². The summed E-state index contributed by atoms with van der Waals surface area (Å²) in [7, 11) is -17.2. The SMILES string of the molecule is O=c1[nH]c(=S)c(F)cn1[C@@H]1O[C@H](COP(=O)(O)OP(=O)(O)OP(=O)(O)O)C(F)[C@]1(O)CF. The van der Waals surface area contributed by atoms with Crippen LogP contribution >= 0.6 is 35.7 Å². The molecule has 6 atom stereocenters. The fourth-order valence-corrected chi connectivity index (χ4v) is 5.66. The van der Waals surface area contributed by atoms with E-state index >= 15 is 0 Å². The Morgan fingerprint density at radius 3 is 2.34 bits per heavy atom. The minimum atomic E-state index is -5.87. The Labute approximate surface area is 179 Å². The first-order chi connectivity index (χ1) is 14.4. The van der Waals surface area contributed by atoms with Gasteiger partial charge in [0.15, 0.2) is 23.8 Å². The van der Waals surface area contributed by atoms with Crippen molar-refractivity contribution in [3.05, 3.63) is 27.1 Å². The second kappa shape index (κ2) is 9.46. The quantitative estimate of drug-likeness (QED) is 0.179. The van der Waals surface area contributed by atoms with E-state index in [0.29, 0.717) is 6.20 Å². The molecule has 22 heteroatoms. The van der Waals surface area contributed by atoms with Crippen LogP contribution in [0.1, 0.15) is 6.23 Å². The van der Waals surface area contributed by atoms with E-state index in [-0.39, 0.29) is 4.57 Å². The van der Waals surface area contributed by atoms with Gasteiger partial charge in [-0.05, 0) is 0 Å². The van der Waals surface area contributed by atoms with Crippen LogP contribution in [0, 0.1) is 10.5 Å². The van der Waals surface area contributed by atoms with Crippen LogP contribution in [-0.4, -0.2) is 65.4 Å². The number of phosphoric ester groups is 1. The lowest BCUT2D eigenvalue weighted by Crippen LogP contribution is -2.48. The number of aromatic nitrogens is 2. The van der Waals surface area contributed by atoms with Crippen LogP contribution in [0.2, 0.25) is 0 Å². The minimum absolute atomic E-state index is 0.224. The second-order valence-electron chi connectivity index (χ2n) is 6.08. The molecule has 1 aliphatic heterocycles. The molecule has 32 heavy (non-hydrogen) atoms. The Kier molecular flexibility index (Phi) is 8.12. The van der Waals surface area contributed by atoms with E-state index < -0.39 is 77.0 Å². The maximum Gasteiger partial charge on any atom is 0.490 e. The summed E-state index contributed by atoms with van der Waals surface area (Å²) in [5, 5.41) is 10.3. The lowest BCUT2D eigenvalue weighted by molar-refractivity contribution is -0.113. The Morgan fingerprint density at radius 2 is 1.81 bits per heavy atom. The number of alkyl halides is 2. The van der Waals surface area contributed by atoms with Gasteiger partial charge in [-0.15, -0.1) is 0 Å². The molecule has 1 aromatic heterocycles. The molecule has 3 unspecified atom stereocenters. The second-order valence-corrected chi connectivity index (χ2v) is 10.9. The normalized spacial score (nSPS) is 30.1. The molecule has 1 saturated heterocycles. The van der Waals surface area contributed by atoms with Crippen molar-refractivity contribution in [1.29, 1.82) is 0 Å². The summed E-state index contributed by atoms with van der Waals surface area (Å²) in [6.45, 7) is -3.29. The number of ether oxygens (including phenoxy) is 1. The van der Waals surface area contributed by atoms with Gasteiger partial charge in [0.1, 0.15) is 17.4 Å². The number of phosphoric acid groups is 3. The standard InChI is InChI=1S/C10H14F3N2O13P3S/c11-3-10(17)6(13)5(26-8(10)15-1-4(12)7(32)14-9(15)16)2-25-30(21,22)28-31(23,24)27-29(18,19)20/h1,5-6,8,17H,2-3H2,(H,21,22)(H,23,24)(H,14,16,32)(H2,18,19,20)/t5-,6?,8-,10-/m1/s1. The first-order valence-electron chi connectivity index (χ1n) is 7.78. The monoisotopic (exact) mass is 552 g/mol. The molecular formula is C10H14F3N2O13P3S. The number of aromatic amines is 1. The predicted octanol–water partition coefficient (Wildman–Crippen LogP) is 0.324.